The summed E-state index contributed by atoms with van der Waals surface area (Å²) in [5.41, 5.74) is -1.90. The van der Waals surface area contributed by atoms with Gasteiger partial charge in [0.1, 0.15) is 0 Å². The molecule has 0 spiro atoms. The van der Waals surface area contributed by atoms with Crippen LogP contribution < -0.4 is 10.6 Å². The third-order valence-corrected chi connectivity index (χ3v) is 2.79. The summed E-state index contributed by atoms with van der Waals surface area (Å²) < 4.78 is 39.2. The minimum Gasteiger partial charge on any atom is -0.346 e. The van der Waals surface area contributed by atoms with Crippen molar-refractivity contribution in [2.75, 3.05) is 5.01 Å². The zero-order chi connectivity index (χ0) is 18.5. The minimum atomic E-state index is -4.98. The lowest BCUT2D eigenvalue weighted by Crippen LogP contribution is -2.37. The number of benzene rings is 1. The molecule has 0 aliphatic rings. The fourth-order valence-electron chi connectivity index (χ4n) is 1.56. The standard InChI is InChI=1S/C13H11F3N4O4/c1-3-8(2)12(21)24-18-19(7-17)11-9(13(14,15)16)5-4-6-10(11)20(22)23/h4-6,18H,2-3H2,1H3. The lowest BCUT2D eigenvalue weighted by atomic mass is 10.1. The van der Waals surface area contributed by atoms with Crippen molar-refractivity contribution in [2.45, 2.75) is 19.5 Å². The maximum atomic E-state index is 13.1. The summed E-state index contributed by atoms with van der Waals surface area (Å²) in [5.74, 6) is -1.02. The normalized spacial score (nSPS) is 10.6. The highest BCUT2D eigenvalue weighted by atomic mass is 19.4. The van der Waals surface area contributed by atoms with Gasteiger partial charge in [0.25, 0.3) is 5.69 Å². The van der Waals surface area contributed by atoms with E-state index in [4.69, 9.17) is 5.26 Å². The fraction of sp³-hybridized carbons (Fsp3) is 0.231. The first-order valence-electron chi connectivity index (χ1n) is 6.32. The van der Waals surface area contributed by atoms with E-state index in [1.54, 1.807) is 12.5 Å². The van der Waals surface area contributed by atoms with E-state index in [2.05, 4.69) is 11.4 Å². The van der Waals surface area contributed by atoms with Crippen LogP contribution >= 0.6 is 0 Å². The van der Waals surface area contributed by atoms with Crippen LogP contribution in [0.25, 0.3) is 0 Å². The second-order valence-corrected chi connectivity index (χ2v) is 4.30. The molecule has 0 saturated heterocycles. The molecule has 1 N–H and O–H groups in total. The first-order valence-corrected chi connectivity index (χ1v) is 6.32. The van der Waals surface area contributed by atoms with Gasteiger partial charge in [-0.05, 0) is 18.1 Å². The van der Waals surface area contributed by atoms with Gasteiger partial charge in [-0.1, -0.05) is 19.6 Å². The van der Waals surface area contributed by atoms with Crippen molar-refractivity contribution in [2.24, 2.45) is 0 Å². The monoisotopic (exact) mass is 344 g/mol. The molecule has 1 aromatic carbocycles. The molecule has 11 heteroatoms. The van der Waals surface area contributed by atoms with E-state index in [1.165, 1.54) is 6.19 Å². The van der Waals surface area contributed by atoms with E-state index in [9.17, 15) is 28.1 Å². The summed E-state index contributed by atoms with van der Waals surface area (Å²) in [7, 11) is 0. The number of carbonyl (C=O) groups is 1. The van der Waals surface area contributed by atoms with Gasteiger partial charge in [0, 0.05) is 11.6 Å². The van der Waals surface area contributed by atoms with Crippen LogP contribution in [0.1, 0.15) is 18.9 Å². The molecule has 24 heavy (non-hydrogen) atoms. The van der Waals surface area contributed by atoms with Crippen molar-refractivity contribution in [1.29, 1.82) is 5.26 Å². The van der Waals surface area contributed by atoms with Crippen LogP contribution in [0.3, 0.4) is 0 Å². The highest BCUT2D eigenvalue weighted by molar-refractivity contribution is 5.87. The van der Waals surface area contributed by atoms with Crippen LogP contribution in [0, 0.1) is 21.6 Å². The number of anilines is 1. The van der Waals surface area contributed by atoms with E-state index in [0.29, 0.717) is 6.07 Å². The molecule has 1 aromatic rings. The number of para-hydroxylation sites is 1. The Hall–Kier alpha value is -3.13. The zero-order valence-electron chi connectivity index (χ0n) is 12.3. The van der Waals surface area contributed by atoms with Gasteiger partial charge in [0.05, 0.1) is 10.5 Å². The van der Waals surface area contributed by atoms with Crippen molar-refractivity contribution >= 4 is 17.3 Å². The Morgan fingerprint density at radius 2 is 2.17 bits per heavy atom. The molecule has 0 bridgehead atoms. The van der Waals surface area contributed by atoms with Crippen molar-refractivity contribution in [1.82, 2.24) is 5.59 Å². The molecule has 0 fully saturated rings. The van der Waals surface area contributed by atoms with Crippen LogP contribution in [0.2, 0.25) is 0 Å². The summed E-state index contributed by atoms with van der Waals surface area (Å²) in [6.45, 7) is 4.93. The molecule has 8 nitrogen and oxygen atoms in total. The fourth-order valence-corrected chi connectivity index (χ4v) is 1.56. The average Bonchev–Trinajstić information content (AvgIpc) is 2.53. The lowest BCUT2D eigenvalue weighted by molar-refractivity contribution is -0.384. The average molecular weight is 344 g/mol. The number of nitro benzene ring substituents is 1. The number of nitriles is 1. The molecule has 0 aliphatic carbocycles. The molecule has 0 unspecified atom stereocenters. The minimum absolute atomic E-state index is 0.0148. The van der Waals surface area contributed by atoms with Crippen LogP contribution in [0.5, 0.6) is 0 Å². The number of halogens is 3. The van der Waals surface area contributed by atoms with E-state index < -0.39 is 34.0 Å². The van der Waals surface area contributed by atoms with Crippen molar-refractivity contribution in [3.05, 3.63) is 46.0 Å². The number of alkyl halides is 3. The van der Waals surface area contributed by atoms with Gasteiger partial charge in [-0.15, -0.1) is 0 Å². The first kappa shape index (κ1) is 18.9. The van der Waals surface area contributed by atoms with Gasteiger partial charge >= 0.3 is 12.1 Å². The molecule has 0 amide bonds. The third-order valence-electron chi connectivity index (χ3n) is 2.79. The summed E-state index contributed by atoms with van der Waals surface area (Å²) in [6.07, 6.45) is -3.53. The molecule has 0 radical (unpaired) electrons. The van der Waals surface area contributed by atoms with Crippen LogP contribution in [-0.2, 0) is 15.8 Å². The predicted octanol–water partition coefficient (Wildman–Crippen LogP) is 2.83. The Morgan fingerprint density at radius 1 is 1.54 bits per heavy atom. The van der Waals surface area contributed by atoms with Crippen LogP contribution in [0.4, 0.5) is 24.5 Å². The number of rotatable bonds is 6. The van der Waals surface area contributed by atoms with Crippen molar-refractivity contribution < 1.29 is 27.7 Å². The van der Waals surface area contributed by atoms with Gasteiger partial charge in [-0.2, -0.15) is 23.4 Å². The highest BCUT2D eigenvalue weighted by Gasteiger charge is 2.39. The smallest absolute Gasteiger partial charge is 0.346 e. The largest absolute Gasteiger partial charge is 0.418 e. The Labute approximate surface area is 133 Å². The first-order chi connectivity index (χ1) is 11.1. The molecule has 0 saturated carbocycles. The third kappa shape index (κ3) is 4.20. The summed E-state index contributed by atoms with van der Waals surface area (Å²) in [6, 6.07) is 2.16. The SMILES string of the molecule is C=C(CC)C(=O)ONN(C#N)c1c([N+](=O)[O-])cccc1C(F)(F)F. The summed E-state index contributed by atoms with van der Waals surface area (Å²) >= 11 is 0. The Kier molecular flexibility index (Phi) is 5.85. The van der Waals surface area contributed by atoms with Crippen molar-refractivity contribution in [3.8, 4) is 6.19 Å². The Morgan fingerprint density at radius 3 is 2.62 bits per heavy atom. The number of nitrogens with zero attached hydrogens (tertiary/aromatic N) is 3. The number of hydrogen-bond acceptors (Lipinski definition) is 7. The Bertz CT molecular complexity index is 712. The van der Waals surface area contributed by atoms with Gasteiger partial charge in [-0.3, -0.25) is 10.1 Å². The molecule has 0 aliphatic heterocycles. The maximum absolute atomic E-state index is 13.1. The van der Waals surface area contributed by atoms with Crippen molar-refractivity contribution in [3.63, 3.8) is 0 Å². The highest BCUT2D eigenvalue weighted by Crippen LogP contribution is 2.41. The van der Waals surface area contributed by atoms with Gasteiger partial charge < -0.3 is 4.84 Å². The number of carbonyl (C=O) groups excluding carboxylic acids is 1. The number of hydrogen-bond donors (Lipinski definition) is 1. The summed E-state index contributed by atoms with van der Waals surface area (Å²) in [4.78, 5) is 25.8. The summed E-state index contributed by atoms with van der Waals surface area (Å²) in [5, 5.41) is 20.0. The molecular formula is C13H11F3N4O4. The van der Waals surface area contributed by atoms with Gasteiger partial charge in [0.15, 0.2) is 5.69 Å². The molecule has 0 atom stereocenters. The van der Waals surface area contributed by atoms with E-state index in [1.807, 2.05) is 0 Å². The predicted molar refractivity (Wildman–Crippen MR) is 74.8 cm³/mol. The number of nitro groups is 1. The quantitative estimate of drug-likeness (QED) is 0.278. The number of nitrogens with one attached hydrogen (secondary N) is 1. The second kappa shape index (κ2) is 7.42. The van der Waals surface area contributed by atoms with E-state index in [0.717, 1.165) is 12.1 Å². The topological polar surface area (TPSA) is 108 Å². The van der Waals surface area contributed by atoms with Gasteiger partial charge in [-0.25, -0.2) is 4.79 Å². The molecule has 0 aromatic heterocycles. The van der Waals surface area contributed by atoms with Crippen LogP contribution in [0.15, 0.2) is 30.4 Å². The van der Waals surface area contributed by atoms with Gasteiger partial charge in [0.2, 0.25) is 6.19 Å². The Balaban J connectivity index is 3.30. The zero-order valence-corrected chi connectivity index (χ0v) is 12.3. The molecule has 128 valence electrons. The van der Waals surface area contributed by atoms with Crippen LogP contribution in [-0.4, -0.2) is 10.9 Å². The molecular weight excluding hydrogens is 333 g/mol. The number of hydrazine groups is 1. The maximum Gasteiger partial charge on any atom is 0.418 e. The second-order valence-electron chi connectivity index (χ2n) is 4.30. The molecule has 0 heterocycles. The lowest BCUT2D eigenvalue weighted by Gasteiger charge is -2.20. The molecule has 1 rings (SSSR count). The van der Waals surface area contributed by atoms with E-state index >= 15 is 0 Å². The van der Waals surface area contributed by atoms with E-state index in [-0.39, 0.29) is 17.0 Å².